The van der Waals surface area contributed by atoms with E-state index in [1.807, 2.05) is 53.1 Å². The molecule has 1 amide bonds. The SMILES string of the molecule is CCc1ccc(NC(=O)CSc2nnc(-c3cccnc3)n2Cc2ccco2)cc1. The molecule has 0 radical (unpaired) electrons. The lowest BCUT2D eigenvalue weighted by Gasteiger charge is -2.09. The molecule has 3 aromatic heterocycles. The summed E-state index contributed by atoms with van der Waals surface area (Å²) >= 11 is 1.33. The van der Waals surface area contributed by atoms with E-state index in [0.29, 0.717) is 17.5 Å². The van der Waals surface area contributed by atoms with Crippen molar-refractivity contribution in [1.29, 1.82) is 0 Å². The fraction of sp³-hybridized carbons (Fsp3) is 0.182. The zero-order chi connectivity index (χ0) is 20.8. The Morgan fingerprint density at radius 2 is 2.00 bits per heavy atom. The van der Waals surface area contributed by atoms with Crippen molar-refractivity contribution in [3.8, 4) is 11.4 Å². The number of aromatic nitrogens is 4. The number of pyridine rings is 1. The fourth-order valence-electron chi connectivity index (χ4n) is 2.96. The molecule has 1 N–H and O–H groups in total. The predicted molar refractivity (Wildman–Crippen MR) is 116 cm³/mol. The summed E-state index contributed by atoms with van der Waals surface area (Å²) in [7, 11) is 0. The van der Waals surface area contributed by atoms with Gasteiger partial charge in [-0.15, -0.1) is 10.2 Å². The van der Waals surface area contributed by atoms with Crippen LogP contribution in [-0.4, -0.2) is 31.4 Å². The number of thioether (sulfide) groups is 1. The van der Waals surface area contributed by atoms with Gasteiger partial charge < -0.3 is 9.73 Å². The normalized spacial score (nSPS) is 10.8. The number of carbonyl (C=O) groups excluding carboxylic acids is 1. The average Bonchev–Trinajstić information content (AvgIpc) is 3.44. The molecule has 152 valence electrons. The third-order valence-electron chi connectivity index (χ3n) is 4.51. The van der Waals surface area contributed by atoms with Crippen molar-refractivity contribution in [2.75, 3.05) is 11.1 Å². The van der Waals surface area contributed by atoms with Gasteiger partial charge in [0.15, 0.2) is 11.0 Å². The van der Waals surface area contributed by atoms with E-state index >= 15 is 0 Å². The molecule has 8 heteroatoms. The minimum atomic E-state index is -0.0975. The predicted octanol–water partition coefficient (Wildman–Crippen LogP) is 4.27. The lowest BCUT2D eigenvalue weighted by molar-refractivity contribution is -0.113. The number of aryl methyl sites for hydroxylation is 1. The molecule has 1 aromatic carbocycles. The molecule has 0 aliphatic rings. The molecule has 0 saturated carbocycles. The molecule has 0 unspecified atom stereocenters. The zero-order valence-corrected chi connectivity index (χ0v) is 17.3. The van der Waals surface area contributed by atoms with Crippen LogP contribution >= 0.6 is 11.8 Å². The van der Waals surface area contributed by atoms with Gasteiger partial charge in [-0.3, -0.25) is 14.3 Å². The summed E-state index contributed by atoms with van der Waals surface area (Å²) in [5, 5.41) is 12.2. The number of nitrogens with zero attached hydrogens (tertiary/aromatic N) is 4. The van der Waals surface area contributed by atoms with Crippen LogP contribution in [0.3, 0.4) is 0 Å². The van der Waals surface area contributed by atoms with Crippen LogP contribution in [0.1, 0.15) is 18.2 Å². The molecule has 0 atom stereocenters. The van der Waals surface area contributed by atoms with Crippen molar-refractivity contribution >= 4 is 23.4 Å². The zero-order valence-electron chi connectivity index (χ0n) is 16.5. The van der Waals surface area contributed by atoms with Gasteiger partial charge in [-0.2, -0.15) is 0 Å². The fourth-order valence-corrected chi connectivity index (χ4v) is 3.69. The van der Waals surface area contributed by atoms with Crippen molar-refractivity contribution in [3.63, 3.8) is 0 Å². The molecule has 7 nitrogen and oxygen atoms in total. The Morgan fingerprint density at radius 1 is 1.13 bits per heavy atom. The molecule has 0 aliphatic carbocycles. The lowest BCUT2D eigenvalue weighted by Crippen LogP contribution is -2.14. The molecule has 0 spiro atoms. The quantitative estimate of drug-likeness (QED) is 0.429. The molecule has 0 bridgehead atoms. The number of benzene rings is 1. The Kier molecular flexibility index (Phi) is 6.24. The molecule has 0 saturated heterocycles. The minimum absolute atomic E-state index is 0.0975. The van der Waals surface area contributed by atoms with Crippen molar-refractivity contribution in [2.45, 2.75) is 25.0 Å². The van der Waals surface area contributed by atoms with Gasteiger partial charge in [0.25, 0.3) is 0 Å². The molecule has 4 rings (SSSR count). The van der Waals surface area contributed by atoms with E-state index in [4.69, 9.17) is 4.42 Å². The van der Waals surface area contributed by atoms with Crippen LogP contribution in [-0.2, 0) is 17.8 Å². The highest BCUT2D eigenvalue weighted by Crippen LogP contribution is 2.25. The Labute approximate surface area is 178 Å². The third-order valence-corrected chi connectivity index (χ3v) is 5.48. The van der Waals surface area contributed by atoms with Crippen molar-refractivity contribution < 1.29 is 9.21 Å². The first-order valence-electron chi connectivity index (χ1n) is 9.60. The molecule has 30 heavy (non-hydrogen) atoms. The molecular weight excluding hydrogens is 398 g/mol. The number of amides is 1. The van der Waals surface area contributed by atoms with E-state index in [1.165, 1.54) is 17.3 Å². The van der Waals surface area contributed by atoms with Crippen molar-refractivity contribution in [3.05, 3.63) is 78.5 Å². The summed E-state index contributed by atoms with van der Waals surface area (Å²) in [4.78, 5) is 16.6. The van der Waals surface area contributed by atoms with Crippen molar-refractivity contribution in [2.24, 2.45) is 0 Å². The molecule has 3 heterocycles. The second-order valence-electron chi connectivity index (χ2n) is 6.60. The Hall–Kier alpha value is -3.39. The van der Waals surface area contributed by atoms with Crippen LogP contribution in [0.2, 0.25) is 0 Å². The monoisotopic (exact) mass is 419 g/mol. The van der Waals surface area contributed by atoms with Crippen LogP contribution < -0.4 is 5.32 Å². The van der Waals surface area contributed by atoms with Crippen LogP contribution in [0.25, 0.3) is 11.4 Å². The van der Waals surface area contributed by atoms with E-state index in [9.17, 15) is 4.79 Å². The second kappa shape index (κ2) is 9.41. The maximum atomic E-state index is 12.4. The summed E-state index contributed by atoms with van der Waals surface area (Å²) in [6, 6.07) is 15.4. The number of furan rings is 1. The van der Waals surface area contributed by atoms with Gasteiger partial charge in [0, 0.05) is 23.6 Å². The minimum Gasteiger partial charge on any atom is -0.467 e. The highest BCUT2D eigenvalue weighted by atomic mass is 32.2. The van der Waals surface area contributed by atoms with Crippen LogP contribution in [0, 0.1) is 0 Å². The first-order valence-corrected chi connectivity index (χ1v) is 10.6. The number of nitrogens with one attached hydrogen (secondary N) is 1. The standard InChI is InChI=1S/C22H21N5O2S/c1-2-16-7-9-18(10-8-16)24-20(28)15-30-22-26-25-21(17-5-3-11-23-13-17)27(22)14-19-6-4-12-29-19/h3-13H,2,14-15H2,1H3,(H,24,28). The first-order chi connectivity index (χ1) is 14.7. The summed E-state index contributed by atoms with van der Waals surface area (Å²) in [6.45, 7) is 2.57. The second-order valence-corrected chi connectivity index (χ2v) is 7.54. The smallest absolute Gasteiger partial charge is 0.234 e. The van der Waals surface area contributed by atoms with Gasteiger partial charge in [0.05, 0.1) is 18.6 Å². The Morgan fingerprint density at radius 3 is 2.70 bits per heavy atom. The van der Waals surface area contributed by atoms with Gasteiger partial charge in [-0.25, -0.2) is 0 Å². The Bertz CT molecular complexity index is 1090. The number of hydrogen-bond donors (Lipinski definition) is 1. The molecule has 0 fully saturated rings. The topological polar surface area (TPSA) is 85.8 Å². The maximum Gasteiger partial charge on any atom is 0.234 e. The lowest BCUT2D eigenvalue weighted by atomic mass is 10.1. The highest BCUT2D eigenvalue weighted by Gasteiger charge is 2.17. The van der Waals surface area contributed by atoms with Crippen LogP contribution in [0.5, 0.6) is 0 Å². The summed E-state index contributed by atoms with van der Waals surface area (Å²) in [6.07, 6.45) is 6.05. The molecule has 0 aliphatic heterocycles. The van der Waals surface area contributed by atoms with E-state index in [1.54, 1.807) is 18.7 Å². The van der Waals surface area contributed by atoms with Gasteiger partial charge in [0.2, 0.25) is 5.91 Å². The van der Waals surface area contributed by atoms with Crippen molar-refractivity contribution in [1.82, 2.24) is 19.7 Å². The van der Waals surface area contributed by atoms with Gasteiger partial charge in [0.1, 0.15) is 5.76 Å². The first kappa shape index (κ1) is 19.9. The summed E-state index contributed by atoms with van der Waals surface area (Å²) in [5.41, 5.74) is 2.87. The number of anilines is 1. The number of rotatable bonds is 8. The van der Waals surface area contributed by atoms with E-state index in [-0.39, 0.29) is 11.7 Å². The van der Waals surface area contributed by atoms with Crippen LogP contribution in [0.4, 0.5) is 5.69 Å². The highest BCUT2D eigenvalue weighted by molar-refractivity contribution is 7.99. The summed E-state index contributed by atoms with van der Waals surface area (Å²) < 4.78 is 7.43. The number of carbonyl (C=O) groups is 1. The third kappa shape index (κ3) is 4.77. The van der Waals surface area contributed by atoms with Gasteiger partial charge >= 0.3 is 0 Å². The van der Waals surface area contributed by atoms with E-state index < -0.39 is 0 Å². The molecular formula is C22H21N5O2S. The molecule has 4 aromatic rings. The maximum absolute atomic E-state index is 12.4. The van der Waals surface area contributed by atoms with Crippen LogP contribution in [0.15, 0.2) is 76.8 Å². The van der Waals surface area contributed by atoms with Gasteiger partial charge in [-0.05, 0) is 48.4 Å². The summed E-state index contributed by atoms with van der Waals surface area (Å²) in [5.74, 6) is 1.58. The largest absolute Gasteiger partial charge is 0.467 e. The Balaban J connectivity index is 1.48. The van der Waals surface area contributed by atoms with E-state index in [0.717, 1.165) is 23.4 Å². The number of hydrogen-bond acceptors (Lipinski definition) is 6. The average molecular weight is 420 g/mol. The van der Waals surface area contributed by atoms with Gasteiger partial charge in [-0.1, -0.05) is 30.8 Å². The van der Waals surface area contributed by atoms with E-state index in [2.05, 4.69) is 27.4 Å².